The zero-order valence-corrected chi connectivity index (χ0v) is 9.69. The molecule has 1 aromatic heterocycles. The van der Waals surface area contributed by atoms with Crippen LogP contribution in [0.15, 0.2) is 22.8 Å². The highest BCUT2D eigenvalue weighted by atomic mass is 16.3. The summed E-state index contributed by atoms with van der Waals surface area (Å²) in [7, 11) is 1.69. The molecular formula is C11H16N2O3. The first kappa shape index (κ1) is 12.3. The Hall–Kier alpha value is -1.78. The molecule has 1 heterocycles. The minimum Gasteiger partial charge on any atom is -0.459 e. The van der Waals surface area contributed by atoms with Gasteiger partial charge in [0, 0.05) is 13.6 Å². The van der Waals surface area contributed by atoms with E-state index in [1.807, 2.05) is 6.92 Å². The van der Waals surface area contributed by atoms with Crippen molar-refractivity contribution in [2.75, 3.05) is 13.6 Å². The van der Waals surface area contributed by atoms with Gasteiger partial charge in [-0.15, -0.1) is 0 Å². The average molecular weight is 224 g/mol. The Balaban J connectivity index is 2.55. The quantitative estimate of drug-likeness (QED) is 0.825. The van der Waals surface area contributed by atoms with Crippen molar-refractivity contribution in [2.45, 2.75) is 19.9 Å². The Kier molecular flexibility index (Phi) is 4.10. The molecule has 5 heteroatoms. The first-order chi connectivity index (χ1) is 7.56. The lowest BCUT2D eigenvalue weighted by Crippen LogP contribution is -2.45. The van der Waals surface area contributed by atoms with Gasteiger partial charge in [-0.1, -0.05) is 0 Å². The molecule has 0 aliphatic rings. The largest absolute Gasteiger partial charge is 0.459 e. The van der Waals surface area contributed by atoms with Crippen LogP contribution >= 0.6 is 0 Å². The van der Waals surface area contributed by atoms with E-state index in [2.05, 4.69) is 5.32 Å². The molecule has 16 heavy (non-hydrogen) atoms. The third-order valence-electron chi connectivity index (χ3n) is 2.31. The first-order valence-corrected chi connectivity index (χ1v) is 5.15. The Morgan fingerprint density at radius 2 is 2.25 bits per heavy atom. The van der Waals surface area contributed by atoms with Gasteiger partial charge in [-0.3, -0.25) is 9.59 Å². The normalized spacial score (nSPS) is 11.9. The van der Waals surface area contributed by atoms with Crippen molar-refractivity contribution in [3.63, 3.8) is 0 Å². The van der Waals surface area contributed by atoms with Crippen LogP contribution in [-0.4, -0.2) is 36.3 Å². The standard InChI is InChI=1S/C11H16N2O3/c1-4-13(3)11(15)8(2)12-10(14)9-6-5-7-16-9/h5-8H,4H2,1-3H3,(H,12,14). The fourth-order valence-corrected chi connectivity index (χ4v) is 1.22. The molecule has 0 aromatic carbocycles. The van der Waals surface area contributed by atoms with E-state index < -0.39 is 6.04 Å². The second-order valence-electron chi connectivity index (χ2n) is 3.52. The van der Waals surface area contributed by atoms with Crippen LogP contribution in [-0.2, 0) is 4.79 Å². The van der Waals surface area contributed by atoms with Crippen molar-refractivity contribution in [3.05, 3.63) is 24.2 Å². The smallest absolute Gasteiger partial charge is 0.287 e. The highest BCUT2D eigenvalue weighted by Gasteiger charge is 2.19. The fraction of sp³-hybridized carbons (Fsp3) is 0.455. The number of carbonyl (C=O) groups excluding carboxylic acids is 2. The second kappa shape index (κ2) is 5.34. The number of rotatable bonds is 4. The minimum atomic E-state index is -0.553. The molecule has 0 aliphatic carbocycles. The molecule has 0 bridgehead atoms. The molecule has 0 saturated carbocycles. The van der Waals surface area contributed by atoms with Crippen LogP contribution in [0, 0.1) is 0 Å². The van der Waals surface area contributed by atoms with Gasteiger partial charge < -0.3 is 14.6 Å². The van der Waals surface area contributed by atoms with Gasteiger partial charge in [0.15, 0.2) is 5.76 Å². The van der Waals surface area contributed by atoms with Crippen molar-refractivity contribution in [1.29, 1.82) is 0 Å². The summed E-state index contributed by atoms with van der Waals surface area (Å²) in [6.45, 7) is 4.13. The average Bonchev–Trinajstić information content (AvgIpc) is 2.80. The predicted molar refractivity (Wildman–Crippen MR) is 58.9 cm³/mol. The van der Waals surface area contributed by atoms with Crippen LogP contribution in [0.4, 0.5) is 0 Å². The highest BCUT2D eigenvalue weighted by molar-refractivity contribution is 5.95. The molecule has 5 nitrogen and oxygen atoms in total. The van der Waals surface area contributed by atoms with Gasteiger partial charge in [0.2, 0.25) is 5.91 Å². The topological polar surface area (TPSA) is 62.6 Å². The fourth-order valence-electron chi connectivity index (χ4n) is 1.22. The maximum Gasteiger partial charge on any atom is 0.287 e. The van der Waals surface area contributed by atoms with E-state index in [4.69, 9.17) is 4.42 Å². The minimum absolute atomic E-state index is 0.123. The van der Waals surface area contributed by atoms with Crippen LogP contribution < -0.4 is 5.32 Å². The number of nitrogens with zero attached hydrogens (tertiary/aromatic N) is 1. The second-order valence-corrected chi connectivity index (χ2v) is 3.52. The number of likely N-dealkylation sites (N-methyl/N-ethyl adjacent to an activating group) is 1. The number of nitrogens with one attached hydrogen (secondary N) is 1. The van der Waals surface area contributed by atoms with Crippen molar-refractivity contribution in [2.24, 2.45) is 0 Å². The number of hydrogen-bond acceptors (Lipinski definition) is 3. The number of furan rings is 1. The predicted octanol–water partition coefficient (Wildman–Crippen LogP) is 0.876. The maximum atomic E-state index is 11.7. The summed E-state index contributed by atoms with van der Waals surface area (Å²) < 4.78 is 4.93. The maximum absolute atomic E-state index is 11.7. The lowest BCUT2D eigenvalue weighted by atomic mass is 10.2. The number of carbonyl (C=O) groups is 2. The summed E-state index contributed by atoms with van der Waals surface area (Å²) >= 11 is 0. The van der Waals surface area contributed by atoms with E-state index >= 15 is 0 Å². The zero-order valence-electron chi connectivity index (χ0n) is 9.69. The van der Waals surface area contributed by atoms with Crippen molar-refractivity contribution < 1.29 is 14.0 Å². The van der Waals surface area contributed by atoms with Gasteiger partial charge in [0.05, 0.1) is 6.26 Å². The summed E-state index contributed by atoms with van der Waals surface area (Å²) in [6, 6.07) is 2.62. The lowest BCUT2D eigenvalue weighted by molar-refractivity contribution is -0.131. The molecule has 2 amide bonds. The molecule has 88 valence electrons. The van der Waals surface area contributed by atoms with Crippen molar-refractivity contribution in [3.8, 4) is 0 Å². The van der Waals surface area contributed by atoms with Crippen LogP contribution in [0.25, 0.3) is 0 Å². The summed E-state index contributed by atoms with van der Waals surface area (Å²) in [5.41, 5.74) is 0. The van der Waals surface area contributed by atoms with Gasteiger partial charge in [0.25, 0.3) is 5.91 Å². The zero-order chi connectivity index (χ0) is 12.1. The molecule has 0 saturated heterocycles. The molecule has 0 aliphatic heterocycles. The summed E-state index contributed by atoms with van der Waals surface area (Å²) in [5, 5.41) is 2.57. The van der Waals surface area contributed by atoms with Crippen molar-refractivity contribution >= 4 is 11.8 Å². The Labute approximate surface area is 94.4 Å². The Bertz CT molecular complexity index is 359. The summed E-state index contributed by atoms with van der Waals surface area (Å²) in [6.07, 6.45) is 1.42. The van der Waals surface area contributed by atoms with Crippen LogP contribution in [0.3, 0.4) is 0 Å². The Morgan fingerprint density at radius 1 is 1.56 bits per heavy atom. The van der Waals surface area contributed by atoms with E-state index in [9.17, 15) is 9.59 Å². The van der Waals surface area contributed by atoms with Gasteiger partial charge in [-0.05, 0) is 26.0 Å². The number of hydrogen-bond donors (Lipinski definition) is 1. The molecule has 1 unspecified atom stereocenters. The van der Waals surface area contributed by atoms with Gasteiger partial charge >= 0.3 is 0 Å². The van der Waals surface area contributed by atoms with Gasteiger partial charge in [-0.25, -0.2) is 0 Å². The lowest BCUT2D eigenvalue weighted by Gasteiger charge is -2.20. The van der Waals surface area contributed by atoms with Gasteiger partial charge in [0.1, 0.15) is 6.04 Å². The first-order valence-electron chi connectivity index (χ1n) is 5.15. The highest BCUT2D eigenvalue weighted by Crippen LogP contribution is 2.01. The molecular weight excluding hydrogens is 208 g/mol. The summed E-state index contributed by atoms with van der Waals surface area (Å²) in [5.74, 6) is -0.295. The van der Waals surface area contributed by atoms with E-state index in [-0.39, 0.29) is 17.6 Å². The summed E-state index contributed by atoms with van der Waals surface area (Å²) in [4.78, 5) is 24.8. The molecule has 0 radical (unpaired) electrons. The third-order valence-corrected chi connectivity index (χ3v) is 2.31. The van der Waals surface area contributed by atoms with E-state index in [0.717, 1.165) is 0 Å². The molecule has 1 N–H and O–H groups in total. The Morgan fingerprint density at radius 3 is 2.75 bits per heavy atom. The van der Waals surface area contributed by atoms with Crippen LogP contribution in [0.1, 0.15) is 24.4 Å². The third kappa shape index (κ3) is 2.85. The molecule has 1 rings (SSSR count). The van der Waals surface area contributed by atoms with Crippen LogP contribution in [0.5, 0.6) is 0 Å². The molecule has 0 fully saturated rings. The molecule has 1 aromatic rings. The number of amides is 2. The van der Waals surface area contributed by atoms with Crippen LogP contribution in [0.2, 0.25) is 0 Å². The van der Waals surface area contributed by atoms with Gasteiger partial charge in [-0.2, -0.15) is 0 Å². The monoisotopic (exact) mass is 224 g/mol. The van der Waals surface area contributed by atoms with Crippen molar-refractivity contribution in [1.82, 2.24) is 10.2 Å². The van der Waals surface area contributed by atoms with E-state index in [1.54, 1.807) is 31.0 Å². The van der Waals surface area contributed by atoms with E-state index in [0.29, 0.717) is 6.54 Å². The SMILES string of the molecule is CCN(C)C(=O)C(C)NC(=O)c1ccco1. The van der Waals surface area contributed by atoms with E-state index in [1.165, 1.54) is 6.26 Å². The molecule has 0 spiro atoms. The molecule has 1 atom stereocenters.